The van der Waals surface area contributed by atoms with Gasteiger partial charge in [0.1, 0.15) is 17.4 Å². The van der Waals surface area contributed by atoms with Crippen LogP contribution in [0.3, 0.4) is 0 Å². The highest BCUT2D eigenvalue weighted by atomic mass is 16.5. The molecule has 0 bridgehead atoms. The number of ether oxygens (including phenoxy) is 1. The van der Waals surface area contributed by atoms with E-state index >= 15 is 0 Å². The predicted molar refractivity (Wildman–Crippen MR) is 92.5 cm³/mol. The number of likely N-dealkylation sites (tertiary alicyclic amines) is 1. The smallest absolute Gasteiger partial charge is 0.242 e. The number of hydrogen-bond acceptors (Lipinski definition) is 4. The van der Waals surface area contributed by atoms with Gasteiger partial charge in [0.2, 0.25) is 11.8 Å². The molecule has 0 saturated carbocycles. The molecule has 1 aromatic carbocycles. The Morgan fingerprint density at radius 3 is 2.84 bits per heavy atom. The first-order valence-electron chi connectivity index (χ1n) is 8.84. The maximum Gasteiger partial charge on any atom is 0.242 e. The molecule has 6 nitrogen and oxygen atoms in total. The molecule has 2 atom stereocenters. The van der Waals surface area contributed by atoms with Gasteiger partial charge in [0.05, 0.1) is 12.0 Å². The van der Waals surface area contributed by atoms with Crippen LogP contribution in [-0.4, -0.2) is 47.2 Å². The van der Waals surface area contributed by atoms with Crippen molar-refractivity contribution in [3.63, 3.8) is 0 Å². The normalized spacial score (nSPS) is 24.3. The molecule has 1 saturated heterocycles. The number of nitrogens with zero attached hydrogens (tertiary/aromatic N) is 1. The molecule has 0 aromatic heterocycles. The van der Waals surface area contributed by atoms with E-state index in [9.17, 15) is 14.4 Å². The number of fused-ring (bicyclic) bond motifs is 1. The number of nitrogens with one attached hydrogen (secondary N) is 1. The number of hydrogen-bond donors (Lipinski definition) is 1. The Morgan fingerprint density at radius 2 is 2.08 bits per heavy atom. The van der Waals surface area contributed by atoms with Crippen LogP contribution < -0.4 is 10.1 Å². The first-order valence-corrected chi connectivity index (χ1v) is 8.84. The highest BCUT2D eigenvalue weighted by Crippen LogP contribution is 2.39. The molecular weight excluding hydrogens is 320 g/mol. The lowest BCUT2D eigenvalue weighted by Crippen LogP contribution is -2.48. The van der Waals surface area contributed by atoms with Crippen molar-refractivity contribution in [3.8, 4) is 5.75 Å². The molecule has 1 aromatic rings. The van der Waals surface area contributed by atoms with Crippen molar-refractivity contribution in [3.05, 3.63) is 29.8 Å². The van der Waals surface area contributed by atoms with Crippen LogP contribution in [-0.2, 0) is 9.59 Å². The highest BCUT2D eigenvalue weighted by Gasteiger charge is 2.44. The predicted octanol–water partition coefficient (Wildman–Crippen LogP) is 1.93. The first-order chi connectivity index (χ1) is 12.0. The number of ketones is 1. The lowest BCUT2D eigenvalue weighted by atomic mass is 9.84. The fourth-order valence-corrected chi connectivity index (χ4v) is 3.65. The van der Waals surface area contributed by atoms with Gasteiger partial charge in [-0.15, -0.1) is 0 Å². The molecule has 25 heavy (non-hydrogen) atoms. The van der Waals surface area contributed by atoms with Gasteiger partial charge in [-0.1, -0.05) is 12.1 Å². The van der Waals surface area contributed by atoms with E-state index in [-0.39, 0.29) is 30.4 Å². The zero-order valence-electron chi connectivity index (χ0n) is 14.7. The molecule has 0 aliphatic carbocycles. The van der Waals surface area contributed by atoms with Crippen molar-refractivity contribution in [2.75, 3.05) is 13.1 Å². The summed E-state index contributed by atoms with van der Waals surface area (Å²) in [6.45, 7) is 4.53. The van der Waals surface area contributed by atoms with Crippen LogP contribution in [0.25, 0.3) is 0 Å². The Balaban J connectivity index is 1.78. The Kier molecular flexibility index (Phi) is 4.79. The summed E-state index contributed by atoms with van der Waals surface area (Å²) >= 11 is 0. The van der Waals surface area contributed by atoms with Gasteiger partial charge in [0.15, 0.2) is 5.78 Å². The van der Waals surface area contributed by atoms with E-state index in [1.165, 1.54) is 0 Å². The van der Waals surface area contributed by atoms with Crippen LogP contribution in [0.5, 0.6) is 5.75 Å². The third-order valence-electron chi connectivity index (χ3n) is 5.12. The summed E-state index contributed by atoms with van der Waals surface area (Å²) in [5.41, 5.74) is -0.0483. The summed E-state index contributed by atoms with van der Waals surface area (Å²) in [6, 6.07) is 6.72. The van der Waals surface area contributed by atoms with Crippen molar-refractivity contribution in [1.29, 1.82) is 0 Å². The molecule has 2 amide bonds. The Bertz CT molecular complexity index is 702. The van der Waals surface area contributed by atoms with Gasteiger partial charge >= 0.3 is 0 Å². The van der Waals surface area contributed by atoms with Crippen molar-refractivity contribution in [2.24, 2.45) is 0 Å². The second-order valence-corrected chi connectivity index (χ2v) is 6.79. The minimum Gasteiger partial charge on any atom is -0.486 e. The molecule has 1 fully saturated rings. The van der Waals surface area contributed by atoms with Crippen molar-refractivity contribution in [2.45, 2.75) is 51.2 Å². The zero-order chi connectivity index (χ0) is 18.0. The largest absolute Gasteiger partial charge is 0.486 e. The fraction of sp³-hybridized carbons (Fsp3) is 0.526. The maximum atomic E-state index is 12.5. The van der Waals surface area contributed by atoms with Gasteiger partial charge in [0.25, 0.3) is 0 Å². The number of para-hydroxylation sites is 1. The van der Waals surface area contributed by atoms with Crippen LogP contribution in [0.1, 0.15) is 49.9 Å². The Morgan fingerprint density at radius 1 is 1.32 bits per heavy atom. The van der Waals surface area contributed by atoms with E-state index in [0.29, 0.717) is 37.2 Å². The summed E-state index contributed by atoms with van der Waals surface area (Å²) in [6.07, 6.45) is 1.59. The van der Waals surface area contributed by atoms with Gasteiger partial charge in [-0.25, -0.2) is 0 Å². The van der Waals surface area contributed by atoms with Gasteiger partial charge in [0, 0.05) is 25.9 Å². The summed E-state index contributed by atoms with van der Waals surface area (Å²) < 4.78 is 6.19. The summed E-state index contributed by atoms with van der Waals surface area (Å²) in [5.74, 6) is 0.430. The molecular formula is C19H24N2O4. The zero-order valence-corrected chi connectivity index (χ0v) is 14.7. The van der Waals surface area contributed by atoms with E-state index in [0.717, 1.165) is 0 Å². The summed E-state index contributed by atoms with van der Waals surface area (Å²) in [4.78, 5) is 38.7. The second kappa shape index (κ2) is 6.86. The van der Waals surface area contributed by atoms with Crippen molar-refractivity contribution < 1.29 is 19.1 Å². The van der Waals surface area contributed by atoms with E-state index in [1.54, 1.807) is 24.0 Å². The third-order valence-corrected chi connectivity index (χ3v) is 5.12. The molecule has 1 spiro atoms. The average Bonchev–Trinajstić information content (AvgIpc) is 2.74. The molecule has 0 radical (unpaired) electrons. The minimum atomic E-state index is -0.656. The van der Waals surface area contributed by atoms with Gasteiger partial charge in [-0.05, 0) is 32.4 Å². The SMILES string of the molecule is CCNC(=O)[C@@H](C)N1CC[C@@]2(CCC1=O)CC(=O)c1ccccc1O2. The van der Waals surface area contributed by atoms with Crippen LogP contribution in [0.2, 0.25) is 0 Å². The van der Waals surface area contributed by atoms with E-state index in [4.69, 9.17) is 4.74 Å². The lowest BCUT2D eigenvalue weighted by molar-refractivity contribution is -0.139. The lowest BCUT2D eigenvalue weighted by Gasteiger charge is -2.37. The highest BCUT2D eigenvalue weighted by molar-refractivity contribution is 6.00. The standard InChI is InChI=1S/C19H24N2O4/c1-3-20-18(24)13(2)21-11-10-19(9-8-17(21)23)12-15(22)14-6-4-5-7-16(14)25-19/h4-7,13H,3,8-12H2,1-2H3,(H,20,24)/t13-,19+/m1/s1. The average molecular weight is 344 g/mol. The van der Waals surface area contributed by atoms with Gasteiger partial charge in [-0.2, -0.15) is 0 Å². The topological polar surface area (TPSA) is 75.7 Å². The van der Waals surface area contributed by atoms with Crippen LogP contribution in [0.15, 0.2) is 24.3 Å². The van der Waals surface area contributed by atoms with Crippen LogP contribution >= 0.6 is 0 Å². The van der Waals surface area contributed by atoms with Gasteiger partial charge < -0.3 is 15.0 Å². The number of amides is 2. The third kappa shape index (κ3) is 3.38. The second-order valence-electron chi connectivity index (χ2n) is 6.79. The quantitative estimate of drug-likeness (QED) is 0.909. The molecule has 2 aliphatic heterocycles. The number of likely N-dealkylation sites (N-methyl/N-ethyl adjacent to an activating group) is 1. The van der Waals surface area contributed by atoms with Crippen molar-refractivity contribution >= 4 is 17.6 Å². The maximum absolute atomic E-state index is 12.5. The van der Waals surface area contributed by atoms with E-state index in [2.05, 4.69) is 5.32 Å². The number of Topliss-reactive ketones (excluding diaryl/α,β-unsaturated/α-hetero) is 1. The number of benzene rings is 1. The van der Waals surface area contributed by atoms with Crippen LogP contribution in [0, 0.1) is 0 Å². The Hall–Kier alpha value is -2.37. The number of carbonyl (C=O) groups is 3. The summed E-state index contributed by atoms with van der Waals surface area (Å²) in [7, 11) is 0. The number of carbonyl (C=O) groups excluding carboxylic acids is 3. The fourth-order valence-electron chi connectivity index (χ4n) is 3.65. The van der Waals surface area contributed by atoms with E-state index in [1.807, 2.05) is 19.1 Å². The molecule has 1 N–H and O–H groups in total. The van der Waals surface area contributed by atoms with Crippen LogP contribution in [0.4, 0.5) is 0 Å². The minimum absolute atomic E-state index is 0.0551. The van der Waals surface area contributed by atoms with Crippen molar-refractivity contribution in [1.82, 2.24) is 10.2 Å². The molecule has 6 heteroatoms. The Labute approximate surface area is 147 Å². The molecule has 2 heterocycles. The molecule has 0 unspecified atom stereocenters. The van der Waals surface area contributed by atoms with Gasteiger partial charge in [-0.3, -0.25) is 14.4 Å². The first kappa shape index (κ1) is 17.5. The van der Waals surface area contributed by atoms with E-state index < -0.39 is 11.6 Å². The molecule has 2 aliphatic rings. The molecule has 3 rings (SSSR count). The monoisotopic (exact) mass is 344 g/mol. The summed E-state index contributed by atoms with van der Waals surface area (Å²) in [5, 5.41) is 2.76. The molecule has 134 valence electrons. The number of rotatable bonds is 3.